The third-order valence-electron chi connectivity index (χ3n) is 4.12. The van der Waals surface area contributed by atoms with Crippen LogP contribution < -0.4 is 0 Å². The average Bonchev–Trinajstić information content (AvgIpc) is 2.05. The van der Waals surface area contributed by atoms with E-state index in [2.05, 4.69) is 13.8 Å². The van der Waals surface area contributed by atoms with Gasteiger partial charge in [0.25, 0.3) is 0 Å². The molecule has 0 aromatic carbocycles. The van der Waals surface area contributed by atoms with E-state index in [4.69, 9.17) is 0 Å². The van der Waals surface area contributed by atoms with Gasteiger partial charge in [-0.05, 0) is 55.8 Å². The minimum atomic E-state index is 0.0162. The summed E-state index contributed by atoms with van der Waals surface area (Å²) < 4.78 is 0. The fourth-order valence-corrected chi connectivity index (χ4v) is 3.31. The molecule has 2 aliphatic rings. The molecular weight excluding hydrogens is 160 g/mol. The molecule has 2 saturated carbocycles. The van der Waals surface area contributed by atoms with Crippen molar-refractivity contribution in [3.8, 4) is 0 Å². The molecule has 2 aliphatic carbocycles. The van der Waals surface area contributed by atoms with Crippen LogP contribution in [-0.4, -0.2) is 11.2 Å². The van der Waals surface area contributed by atoms with Crippen LogP contribution in [0.25, 0.3) is 0 Å². The highest BCUT2D eigenvalue weighted by atomic mass is 16.3. The molecule has 0 heterocycles. The third kappa shape index (κ3) is 2.07. The monoisotopic (exact) mass is 182 g/mol. The van der Waals surface area contributed by atoms with Crippen molar-refractivity contribution in [3.05, 3.63) is 0 Å². The van der Waals surface area contributed by atoms with Crippen molar-refractivity contribution in [2.75, 3.05) is 0 Å². The lowest BCUT2D eigenvalue weighted by Crippen LogP contribution is -2.35. The molecular formula is C12H22O. The third-order valence-corrected chi connectivity index (χ3v) is 4.12. The maximum Gasteiger partial charge on any atom is 0.0543 e. The molecule has 2 fully saturated rings. The SMILES string of the molecule is CC1(C)CCC2CC(O)CCC2C1. The molecule has 0 spiro atoms. The number of rotatable bonds is 0. The van der Waals surface area contributed by atoms with Crippen LogP contribution in [0.2, 0.25) is 0 Å². The molecule has 0 aromatic heterocycles. The highest BCUT2D eigenvalue weighted by molar-refractivity contribution is 4.89. The Labute approximate surface area is 81.5 Å². The van der Waals surface area contributed by atoms with Crippen molar-refractivity contribution in [3.63, 3.8) is 0 Å². The van der Waals surface area contributed by atoms with Crippen LogP contribution in [0, 0.1) is 17.3 Å². The lowest BCUT2D eigenvalue weighted by Gasteiger charge is -2.44. The average molecular weight is 182 g/mol. The standard InChI is InChI=1S/C12H22O/c1-12(2)6-5-9-7-11(13)4-3-10(9)8-12/h9-11,13H,3-8H2,1-2H3. The molecule has 2 rings (SSSR count). The van der Waals surface area contributed by atoms with E-state index in [1.165, 1.54) is 25.7 Å². The zero-order valence-electron chi connectivity index (χ0n) is 8.92. The Kier molecular flexibility index (Phi) is 2.39. The molecule has 0 aliphatic heterocycles. The van der Waals surface area contributed by atoms with Gasteiger partial charge in [-0.2, -0.15) is 0 Å². The summed E-state index contributed by atoms with van der Waals surface area (Å²) in [6.07, 6.45) is 7.54. The van der Waals surface area contributed by atoms with E-state index in [1.54, 1.807) is 0 Å². The van der Waals surface area contributed by atoms with Gasteiger partial charge in [0, 0.05) is 0 Å². The molecule has 13 heavy (non-hydrogen) atoms. The van der Waals surface area contributed by atoms with Gasteiger partial charge in [0.05, 0.1) is 6.10 Å². The Balaban J connectivity index is 1.98. The lowest BCUT2D eigenvalue weighted by molar-refractivity contribution is 0.0162. The van der Waals surface area contributed by atoms with Crippen LogP contribution in [0.3, 0.4) is 0 Å². The highest BCUT2D eigenvalue weighted by Gasteiger charge is 2.37. The first-order chi connectivity index (χ1) is 6.07. The smallest absolute Gasteiger partial charge is 0.0543 e. The summed E-state index contributed by atoms with van der Waals surface area (Å²) in [5, 5.41) is 9.58. The molecule has 0 saturated heterocycles. The Morgan fingerprint density at radius 1 is 1.08 bits per heavy atom. The maximum atomic E-state index is 9.58. The van der Waals surface area contributed by atoms with Crippen LogP contribution in [0.15, 0.2) is 0 Å². The molecule has 0 amide bonds. The number of fused-ring (bicyclic) bond motifs is 1. The van der Waals surface area contributed by atoms with E-state index in [1.807, 2.05) is 0 Å². The van der Waals surface area contributed by atoms with Gasteiger partial charge < -0.3 is 5.11 Å². The van der Waals surface area contributed by atoms with E-state index in [-0.39, 0.29) is 6.10 Å². The Hall–Kier alpha value is -0.0400. The maximum absolute atomic E-state index is 9.58. The van der Waals surface area contributed by atoms with E-state index in [9.17, 15) is 5.11 Å². The van der Waals surface area contributed by atoms with E-state index in [0.717, 1.165) is 24.7 Å². The van der Waals surface area contributed by atoms with E-state index < -0.39 is 0 Å². The Bertz CT molecular complexity index is 186. The normalized spacial score (nSPS) is 44.1. The van der Waals surface area contributed by atoms with Crippen molar-refractivity contribution >= 4 is 0 Å². The molecule has 3 atom stereocenters. The van der Waals surface area contributed by atoms with Crippen LogP contribution in [0.5, 0.6) is 0 Å². The summed E-state index contributed by atoms with van der Waals surface area (Å²) in [4.78, 5) is 0. The largest absolute Gasteiger partial charge is 0.393 e. The summed E-state index contributed by atoms with van der Waals surface area (Å²) >= 11 is 0. The molecule has 0 bridgehead atoms. The van der Waals surface area contributed by atoms with Crippen LogP contribution in [0.4, 0.5) is 0 Å². The first-order valence-corrected chi connectivity index (χ1v) is 5.75. The summed E-state index contributed by atoms with van der Waals surface area (Å²) in [5.41, 5.74) is 0.573. The minimum absolute atomic E-state index is 0.0162. The fourth-order valence-electron chi connectivity index (χ4n) is 3.31. The van der Waals surface area contributed by atoms with Crippen LogP contribution >= 0.6 is 0 Å². The highest BCUT2D eigenvalue weighted by Crippen LogP contribution is 2.47. The molecule has 3 unspecified atom stereocenters. The molecule has 1 N–H and O–H groups in total. The second-order valence-electron chi connectivity index (χ2n) is 5.89. The minimum Gasteiger partial charge on any atom is -0.393 e. The van der Waals surface area contributed by atoms with Crippen molar-refractivity contribution in [1.82, 2.24) is 0 Å². The van der Waals surface area contributed by atoms with Gasteiger partial charge in [0.2, 0.25) is 0 Å². The summed E-state index contributed by atoms with van der Waals surface area (Å²) in [6.45, 7) is 4.79. The fraction of sp³-hybridized carbons (Fsp3) is 1.00. The van der Waals surface area contributed by atoms with Gasteiger partial charge in [-0.15, -0.1) is 0 Å². The molecule has 0 aromatic rings. The van der Waals surface area contributed by atoms with Crippen LogP contribution in [0.1, 0.15) is 52.4 Å². The van der Waals surface area contributed by atoms with Gasteiger partial charge in [-0.1, -0.05) is 13.8 Å². The second-order valence-corrected chi connectivity index (χ2v) is 5.89. The predicted molar refractivity (Wildman–Crippen MR) is 54.5 cm³/mol. The van der Waals surface area contributed by atoms with Gasteiger partial charge in [0.1, 0.15) is 0 Å². The zero-order valence-corrected chi connectivity index (χ0v) is 8.92. The van der Waals surface area contributed by atoms with Gasteiger partial charge in [0.15, 0.2) is 0 Å². The number of hydrogen-bond acceptors (Lipinski definition) is 1. The van der Waals surface area contributed by atoms with Crippen molar-refractivity contribution in [2.24, 2.45) is 17.3 Å². The van der Waals surface area contributed by atoms with Crippen LogP contribution in [-0.2, 0) is 0 Å². The molecule has 1 heteroatoms. The molecule has 1 nitrogen and oxygen atoms in total. The number of aliphatic hydroxyl groups excluding tert-OH is 1. The topological polar surface area (TPSA) is 20.2 Å². The first kappa shape index (κ1) is 9.51. The molecule has 0 radical (unpaired) electrons. The summed E-state index contributed by atoms with van der Waals surface area (Å²) in [5.74, 6) is 1.77. The lowest BCUT2D eigenvalue weighted by atomic mass is 9.62. The number of aliphatic hydroxyl groups is 1. The van der Waals surface area contributed by atoms with Crippen molar-refractivity contribution in [2.45, 2.75) is 58.5 Å². The van der Waals surface area contributed by atoms with E-state index in [0.29, 0.717) is 5.41 Å². The first-order valence-electron chi connectivity index (χ1n) is 5.75. The predicted octanol–water partition coefficient (Wildman–Crippen LogP) is 2.97. The van der Waals surface area contributed by atoms with Gasteiger partial charge >= 0.3 is 0 Å². The second kappa shape index (κ2) is 3.27. The quantitative estimate of drug-likeness (QED) is 0.610. The Morgan fingerprint density at radius 3 is 2.62 bits per heavy atom. The van der Waals surface area contributed by atoms with E-state index >= 15 is 0 Å². The van der Waals surface area contributed by atoms with Crippen molar-refractivity contribution < 1.29 is 5.11 Å². The summed E-state index contributed by atoms with van der Waals surface area (Å²) in [6, 6.07) is 0. The number of hydrogen-bond donors (Lipinski definition) is 1. The van der Waals surface area contributed by atoms with Gasteiger partial charge in [-0.3, -0.25) is 0 Å². The molecule has 76 valence electrons. The zero-order chi connectivity index (χ0) is 9.47. The Morgan fingerprint density at radius 2 is 1.85 bits per heavy atom. The van der Waals surface area contributed by atoms with Gasteiger partial charge in [-0.25, -0.2) is 0 Å². The van der Waals surface area contributed by atoms with Crippen molar-refractivity contribution in [1.29, 1.82) is 0 Å². The summed E-state index contributed by atoms with van der Waals surface area (Å²) in [7, 11) is 0.